The monoisotopic (exact) mass is 546 g/mol. The van der Waals surface area contributed by atoms with Crippen molar-refractivity contribution >= 4 is 0 Å². The lowest BCUT2D eigenvalue weighted by atomic mass is 10.1. The number of aryl methyl sites for hydroxylation is 2. The number of aromatic nitrogens is 2. The average Bonchev–Trinajstić information content (AvgIpc) is 3.33. The molecule has 0 saturated carbocycles. The highest BCUT2D eigenvalue weighted by molar-refractivity contribution is 4.84. The largest absolute Gasteiger partial charge is 0.256 e. The van der Waals surface area contributed by atoms with Crippen molar-refractivity contribution in [1.82, 2.24) is 4.57 Å². The van der Waals surface area contributed by atoms with Gasteiger partial charge in [0.05, 0.1) is 13.1 Å². The molecule has 2 heteroatoms. The first-order valence-corrected chi connectivity index (χ1v) is 18.4. The van der Waals surface area contributed by atoms with E-state index in [1.54, 1.807) is 5.82 Å². The molecule has 1 heterocycles. The molecule has 0 aromatic carbocycles. The topological polar surface area (TPSA) is 8.81 Å². The molecular weight excluding hydrogens is 472 g/mol. The normalized spacial score (nSPS) is 11.6. The van der Waals surface area contributed by atoms with Crippen molar-refractivity contribution < 1.29 is 4.57 Å². The average molecular weight is 546 g/mol. The number of unbranched alkanes of at least 4 members (excludes halogenated alkanes) is 25. The van der Waals surface area contributed by atoms with Crippen LogP contribution in [0.4, 0.5) is 0 Å². The van der Waals surface area contributed by atoms with E-state index in [1.165, 1.54) is 199 Å². The predicted octanol–water partition coefficient (Wildman–Crippen LogP) is 12.3. The van der Waals surface area contributed by atoms with Gasteiger partial charge in [-0.25, -0.2) is 9.13 Å². The molecule has 1 aromatic heterocycles. The third kappa shape index (κ3) is 21.6. The van der Waals surface area contributed by atoms with Crippen molar-refractivity contribution in [2.24, 2.45) is 0 Å². The van der Waals surface area contributed by atoms with Crippen LogP contribution in [0.15, 0.2) is 12.4 Å². The van der Waals surface area contributed by atoms with E-state index >= 15 is 0 Å². The zero-order valence-electron chi connectivity index (χ0n) is 27.5. The summed E-state index contributed by atoms with van der Waals surface area (Å²) in [6.45, 7) is 9.40. The molecule has 0 fully saturated rings. The van der Waals surface area contributed by atoms with Crippen LogP contribution in [-0.2, 0) is 19.5 Å². The SMILES string of the molecule is CCCCCCCCCCCC[n+]1ccn(CCCCCCCCCCC)c1CCCCCCCCCCC. The summed E-state index contributed by atoms with van der Waals surface area (Å²) in [6.07, 6.45) is 45.9. The van der Waals surface area contributed by atoms with E-state index in [2.05, 4.69) is 42.3 Å². The lowest BCUT2D eigenvalue weighted by Crippen LogP contribution is -2.37. The molecule has 0 saturated heterocycles. The van der Waals surface area contributed by atoms with Crippen LogP contribution in [0.3, 0.4) is 0 Å². The fourth-order valence-electron chi connectivity index (χ4n) is 6.15. The molecule has 0 aliphatic heterocycles. The summed E-state index contributed by atoms with van der Waals surface area (Å²) in [7, 11) is 0. The standard InChI is InChI=1S/C37H73N2/c1-4-7-10-13-16-19-22-25-28-31-34-39-36-35-38(33-30-27-24-21-18-15-12-9-6-3)37(39)32-29-26-23-20-17-14-11-8-5-2/h35-36H,4-34H2,1-3H3/q+1. The van der Waals surface area contributed by atoms with Gasteiger partial charge in [0, 0.05) is 6.42 Å². The predicted molar refractivity (Wildman–Crippen MR) is 175 cm³/mol. The Kier molecular flexibility index (Phi) is 26.7. The first-order chi connectivity index (χ1) is 19.3. The van der Waals surface area contributed by atoms with Crippen LogP contribution in [0, 0.1) is 0 Å². The maximum Gasteiger partial charge on any atom is 0.256 e. The van der Waals surface area contributed by atoms with Gasteiger partial charge in [-0.2, -0.15) is 0 Å². The molecule has 0 radical (unpaired) electrons. The maximum atomic E-state index is 2.63. The Morgan fingerprint density at radius 3 is 1.23 bits per heavy atom. The van der Waals surface area contributed by atoms with Gasteiger partial charge in [0.1, 0.15) is 12.4 Å². The van der Waals surface area contributed by atoms with E-state index in [1.807, 2.05) is 0 Å². The molecule has 0 atom stereocenters. The van der Waals surface area contributed by atoms with Gasteiger partial charge in [0.2, 0.25) is 0 Å². The van der Waals surface area contributed by atoms with Crippen LogP contribution in [0.1, 0.15) is 206 Å². The molecule has 0 bridgehead atoms. The third-order valence-electron chi connectivity index (χ3n) is 8.85. The van der Waals surface area contributed by atoms with Crippen molar-refractivity contribution in [1.29, 1.82) is 0 Å². The van der Waals surface area contributed by atoms with E-state index in [0.717, 1.165) is 0 Å². The maximum absolute atomic E-state index is 2.63. The lowest BCUT2D eigenvalue weighted by molar-refractivity contribution is -0.704. The van der Waals surface area contributed by atoms with Crippen LogP contribution >= 0.6 is 0 Å². The van der Waals surface area contributed by atoms with Crippen LogP contribution in [-0.4, -0.2) is 4.57 Å². The van der Waals surface area contributed by atoms with Gasteiger partial charge in [-0.15, -0.1) is 0 Å². The van der Waals surface area contributed by atoms with Crippen molar-refractivity contribution in [2.75, 3.05) is 0 Å². The van der Waals surface area contributed by atoms with E-state index in [0.29, 0.717) is 0 Å². The highest BCUT2D eigenvalue weighted by Gasteiger charge is 2.16. The van der Waals surface area contributed by atoms with Gasteiger partial charge in [0.25, 0.3) is 5.82 Å². The van der Waals surface area contributed by atoms with Gasteiger partial charge in [0.15, 0.2) is 0 Å². The molecular formula is C37H73N2+. The lowest BCUT2D eigenvalue weighted by Gasteiger charge is -2.07. The Morgan fingerprint density at radius 2 is 0.795 bits per heavy atom. The molecule has 0 aliphatic rings. The summed E-state index contributed by atoms with van der Waals surface area (Å²) in [5.41, 5.74) is 0. The number of hydrogen-bond acceptors (Lipinski definition) is 0. The Labute approximate surface area is 247 Å². The second-order valence-corrected chi connectivity index (χ2v) is 12.7. The summed E-state index contributed by atoms with van der Waals surface area (Å²) in [5.74, 6) is 1.62. The highest BCUT2D eigenvalue weighted by Crippen LogP contribution is 2.14. The minimum atomic E-state index is 1.23. The number of nitrogens with zero attached hydrogens (tertiary/aromatic N) is 2. The smallest absolute Gasteiger partial charge is 0.234 e. The van der Waals surface area contributed by atoms with Crippen LogP contribution < -0.4 is 4.57 Å². The molecule has 39 heavy (non-hydrogen) atoms. The molecule has 0 aliphatic carbocycles. The number of hydrogen-bond donors (Lipinski definition) is 0. The second kappa shape index (κ2) is 28.7. The van der Waals surface area contributed by atoms with E-state index in [4.69, 9.17) is 0 Å². The minimum Gasteiger partial charge on any atom is -0.234 e. The first-order valence-electron chi connectivity index (χ1n) is 18.4. The molecule has 230 valence electrons. The summed E-state index contributed by atoms with van der Waals surface area (Å²) >= 11 is 0. The van der Waals surface area contributed by atoms with Crippen molar-refractivity contribution in [3.8, 4) is 0 Å². The number of imidazole rings is 1. The van der Waals surface area contributed by atoms with Crippen molar-refractivity contribution in [3.63, 3.8) is 0 Å². The Hall–Kier alpha value is -0.790. The summed E-state index contributed by atoms with van der Waals surface area (Å²) in [6, 6.07) is 0. The highest BCUT2D eigenvalue weighted by atomic mass is 15.1. The van der Waals surface area contributed by atoms with E-state index in [9.17, 15) is 0 Å². The van der Waals surface area contributed by atoms with E-state index < -0.39 is 0 Å². The Balaban J connectivity index is 2.34. The molecule has 1 rings (SSSR count). The zero-order chi connectivity index (χ0) is 28.1. The third-order valence-corrected chi connectivity index (χ3v) is 8.85. The van der Waals surface area contributed by atoms with Crippen molar-refractivity contribution in [3.05, 3.63) is 18.2 Å². The molecule has 0 unspecified atom stereocenters. The Bertz CT molecular complexity index is 605. The summed E-state index contributed by atoms with van der Waals surface area (Å²) in [4.78, 5) is 0. The summed E-state index contributed by atoms with van der Waals surface area (Å²) < 4.78 is 5.26. The van der Waals surface area contributed by atoms with Gasteiger partial charge in [-0.05, 0) is 32.1 Å². The summed E-state index contributed by atoms with van der Waals surface area (Å²) in [5, 5.41) is 0. The number of rotatable bonds is 31. The van der Waals surface area contributed by atoms with Crippen LogP contribution in [0.25, 0.3) is 0 Å². The quantitative estimate of drug-likeness (QED) is 0.0648. The molecule has 1 aromatic rings. The minimum absolute atomic E-state index is 1.23. The fourth-order valence-corrected chi connectivity index (χ4v) is 6.15. The van der Waals surface area contributed by atoms with E-state index in [-0.39, 0.29) is 0 Å². The van der Waals surface area contributed by atoms with Crippen LogP contribution in [0.2, 0.25) is 0 Å². The fraction of sp³-hybridized carbons (Fsp3) is 0.919. The molecule has 2 nitrogen and oxygen atoms in total. The zero-order valence-corrected chi connectivity index (χ0v) is 27.5. The van der Waals surface area contributed by atoms with Gasteiger partial charge in [-0.1, -0.05) is 168 Å². The molecule has 0 N–H and O–H groups in total. The van der Waals surface area contributed by atoms with Gasteiger partial charge >= 0.3 is 0 Å². The Morgan fingerprint density at radius 1 is 0.436 bits per heavy atom. The second-order valence-electron chi connectivity index (χ2n) is 12.7. The first kappa shape index (κ1) is 36.2. The van der Waals surface area contributed by atoms with Crippen molar-refractivity contribution in [2.45, 2.75) is 220 Å². The molecule has 0 amide bonds. The molecule has 0 spiro atoms. The van der Waals surface area contributed by atoms with Gasteiger partial charge in [-0.3, -0.25) is 0 Å². The van der Waals surface area contributed by atoms with Gasteiger partial charge < -0.3 is 0 Å². The van der Waals surface area contributed by atoms with Crippen LogP contribution in [0.5, 0.6) is 0 Å².